The van der Waals surface area contributed by atoms with Crippen molar-refractivity contribution in [3.8, 4) is 11.8 Å². The number of aromatic nitrogens is 1. The predicted molar refractivity (Wildman–Crippen MR) is 97.6 cm³/mol. The molecule has 2 amide bonds. The topological polar surface area (TPSA) is 91.3 Å². The van der Waals surface area contributed by atoms with Gasteiger partial charge in [0.1, 0.15) is 5.69 Å². The van der Waals surface area contributed by atoms with Crippen LogP contribution < -0.4 is 10.6 Å². The van der Waals surface area contributed by atoms with E-state index < -0.39 is 5.97 Å². The van der Waals surface area contributed by atoms with Crippen LogP contribution in [-0.4, -0.2) is 28.1 Å². The molecule has 2 aromatic rings. The van der Waals surface area contributed by atoms with Gasteiger partial charge in [-0.3, -0.25) is 4.79 Å². The lowest BCUT2D eigenvalue weighted by molar-refractivity contribution is -0.141. The van der Waals surface area contributed by atoms with E-state index in [1.807, 2.05) is 30.3 Å². The van der Waals surface area contributed by atoms with Gasteiger partial charge in [0, 0.05) is 23.5 Å². The molecule has 1 aliphatic rings. The highest BCUT2D eigenvalue weighted by Gasteiger charge is 2.30. The van der Waals surface area contributed by atoms with Gasteiger partial charge in [-0.1, -0.05) is 18.1 Å². The zero-order chi connectivity index (χ0) is 18.4. The third-order valence-corrected chi connectivity index (χ3v) is 4.24. The maximum atomic E-state index is 12.1. The molecule has 1 aliphatic carbocycles. The van der Waals surface area contributed by atoms with Gasteiger partial charge >= 0.3 is 12.0 Å². The standard InChI is InChI=1S/C20H19N3O3/c24-19(25)15-8-10-18(13-15)23-20(26)22-17-6-3-4-14(12-17)7-9-16-5-1-2-11-21-16/h1-6,11-12,15,18H,8,10,13H2,(H,24,25)(H2,22,23,26)/t15-,18+/m1/s1. The molecule has 6 nitrogen and oxygen atoms in total. The van der Waals surface area contributed by atoms with E-state index in [1.54, 1.807) is 18.3 Å². The summed E-state index contributed by atoms with van der Waals surface area (Å²) in [5, 5.41) is 14.6. The number of benzene rings is 1. The zero-order valence-electron chi connectivity index (χ0n) is 14.1. The second-order valence-electron chi connectivity index (χ2n) is 6.19. The number of carboxylic acids is 1. The number of urea groups is 1. The Bertz CT molecular complexity index is 855. The number of nitrogens with one attached hydrogen (secondary N) is 2. The number of nitrogens with zero attached hydrogens (tertiary/aromatic N) is 1. The zero-order valence-corrected chi connectivity index (χ0v) is 14.1. The normalized spacial score (nSPS) is 18.5. The van der Waals surface area contributed by atoms with Crippen LogP contribution in [0.3, 0.4) is 0 Å². The average molecular weight is 349 g/mol. The van der Waals surface area contributed by atoms with Gasteiger partial charge in [0.15, 0.2) is 0 Å². The van der Waals surface area contributed by atoms with Crippen LogP contribution in [0.15, 0.2) is 48.7 Å². The fourth-order valence-corrected chi connectivity index (χ4v) is 2.94. The largest absolute Gasteiger partial charge is 0.481 e. The molecule has 0 saturated heterocycles. The second-order valence-corrected chi connectivity index (χ2v) is 6.19. The SMILES string of the molecule is O=C(Nc1cccc(C#Cc2ccccn2)c1)N[C@H]1CC[C@@H](C(=O)O)C1. The van der Waals surface area contributed by atoms with Crippen molar-refractivity contribution in [3.63, 3.8) is 0 Å². The monoisotopic (exact) mass is 349 g/mol. The minimum absolute atomic E-state index is 0.108. The minimum atomic E-state index is -0.797. The first-order valence-electron chi connectivity index (χ1n) is 8.43. The van der Waals surface area contributed by atoms with Gasteiger partial charge < -0.3 is 15.7 Å². The number of carboxylic acid groups (broad SMARTS) is 1. The van der Waals surface area contributed by atoms with Gasteiger partial charge in [0.25, 0.3) is 0 Å². The van der Waals surface area contributed by atoms with E-state index in [0.717, 1.165) is 5.56 Å². The van der Waals surface area contributed by atoms with Crippen LogP contribution in [0.25, 0.3) is 0 Å². The van der Waals surface area contributed by atoms with Gasteiger partial charge in [0.05, 0.1) is 5.92 Å². The van der Waals surface area contributed by atoms with Gasteiger partial charge in [-0.15, -0.1) is 0 Å². The van der Waals surface area contributed by atoms with E-state index in [9.17, 15) is 9.59 Å². The van der Waals surface area contributed by atoms with Crippen molar-refractivity contribution in [3.05, 3.63) is 59.9 Å². The van der Waals surface area contributed by atoms with Crippen LogP contribution in [0, 0.1) is 17.8 Å². The van der Waals surface area contributed by atoms with Crippen molar-refractivity contribution >= 4 is 17.7 Å². The number of amides is 2. The smallest absolute Gasteiger partial charge is 0.319 e. The molecule has 1 aromatic carbocycles. The van der Waals surface area contributed by atoms with Gasteiger partial charge in [-0.25, -0.2) is 9.78 Å². The first-order chi connectivity index (χ1) is 12.6. The molecule has 0 unspecified atom stereocenters. The first kappa shape index (κ1) is 17.5. The van der Waals surface area contributed by atoms with Gasteiger partial charge in [-0.05, 0) is 55.5 Å². The Morgan fingerprint density at radius 2 is 2.00 bits per heavy atom. The van der Waals surface area contributed by atoms with Crippen molar-refractivity contribution in [1.82, 2.24) is 10.3 Å². The lowest BCUT2D eigenvalue weighted by Gasteiger charge is -2.13. The highest BCUT2D eigenvalue weighted by atomic mass is 16.4. The number of pyridine rings is 1. The summed E-state index contributed by atoms with van der Waals surface area (Å²) in [6, 6.07) is 12.3. The Hall–Kier alpha value is -3.33. The second kappa shape index (κ2) is 8.17. The lowest BCUT2D eigenvalue weighted by atomic mass is 10.1. The third kappa shape index (κ3) is 4.84. The summed E-state index contributed by atoms with van der Waals surface area (Å²) in [6.45, 7) is 0. The molecule has 132 valence electrons. The number of hydrogen-bond acceptors (Lipinski definition) is 3. The third-order valence-electron chi connectivity index (χ3n) is 4.24. The van der Waals surface area contributed by atoms with Crippen molar-refractivity contribution in [1.29, 1.82) is 0 Å². The number of carbonyl (C=O) groups is 2. The molecule has 1 fully saturated rings. The molecule has 0 radical (unpaired) electrons. The molecule has 0 aliphatic heterocycles. The molecule has 26 heavy (non-hydrogen) atoms. The fraction of sp³-hybridized carbons (Fsp3) is 0.250. The molecule has 1 saturated carbocycles. The van der Waals surface area contributed by atoms with Crippen LogP contribution in [0.1, 0.15) is 30.5 Å². The van der Waals surface area contributed by atoms with E-state index in [1.165, 1.54) is 0 Å². The molecular weight excluding hydrogens is 330 g/mol. The van der Waals surface area contributed by atoms with Gasteiger partial charge in [0.2, 0.25) is 0 Å². The highest BCUT2D eigenvalue weighted by molar-refractivity contribution is 5.89. The first-order valence-corrected chi connectivity index (χ1v) is 8.43. The number of rotatable bonds is 3. The van der Waals surface area contributed by atoms with Gasteiger partial charge in [-0.2, -0.15) is 0 Å². The van der Waals surface area contributed by atoms with Crippen molar-refractivity contribution in [2.45, 2.75) is 25.3 Å². The molecule has 3 N–H and O–H groups in total. The quantitative estimate of drug-likeness (QED) is 0.743. The Morgan fingerprint density at radius 1 is 1.12 bits per heavy atom. The van der Waals surface area contributed by atoms with Crippen LogP contribution >= 0.6 is 0 Å². The molecule has 6 heteroatoms. The summed E-state index contributed by atoms with van der Waals surface area (Å²) >= 11 is 0. The Balaban J connectivity index is 1.58. The maximum Gasteiger partial charge on any atom is 0.319 e. The summed E-state index contributed by atoms with van der Waals surface area (Å²) in [5.41, 5.74) is 2.07. The summed E-state index contributed by atoms with van der Waals surface area (Å²) in [5.74, 6) is 4.82. The highest BCUT2D eigenvalue weighted by Crippen LogP contribution is 2.25. The number of hydrogen-bond donors (Lipinski definition) is 3. The van der Waals surface area contributed by atoms with Crippen molar-refractivity contribution < 1.29 is 14.7 Å². The van der Waals surface area contributed by atoms with E-state index in [2.05, 4.69) is 27.5 Å². The molecule has 3 rings (SSSR count). The predicted octanol–water partition coefficient (Wildman–Crippen LogP) is 2.86. The molecule has 2 atom stereocenters. The van der Waals surface area contributed by atoms with Crippen LogP contribution in [0.5, 0.6) is 0 Å². The minimum Gasteiger partial charge on any atom is -0.481 e. The van der Waals surface area contributed by atoms with E-state index >= 15 is 0 Å². The number of carbonyl (C=O) groups excluding carboxylic acids is 1. The fourth-order valence-electron chi connectivity index (χ4n) is 2.94. The Morgan fingerprint density at radius 3 is 2.73 bits per heavy atom. The van der Waals surface area contributed by atoms with Crippen LogP contribution in [0.4, 0.5) is 10.5 Å². The van der Waals surface area contributed by atoms with Crippen LogP contribution in [0.2, 0.25) is 0 Å². The summed E-state index contributed by atoms with van der Waals surface area (Å²) in [7, 11) is 0. The van der Waals surface area contributed by atoms with E-state index in [-0.39, 0.29) is 18.0 Å². The van der Waals surface area contributed by atoms with E-state index in [4.69, 9.17) is 5.11 Å². The average Bonchev–Trinajstić information content (AvgIpc) is 3.10. The number of anilines is 1. The van der Waals surface area contributed by atoms with Crippen molar-refractivity contribution in [2.75, 3.05) is 5.32 Å². The molecule has 1 heterocycles. The molecule has 0 bridgehead atoms. The lowest BCUT2D eigenvalue weighted by Crippen LogP contribution is -2.36. The molecular formula is C20H19N3O3. The Kier molecular flexibility index (Phi) is 5.49. The van der Waals surface area contributed by atoms with Crippen LogP contribution in [-0.2, 0) is 4.79 Å². The summed E-state index contributed by atoms with van der Waals surface area (Å²) in [6.07, 6.45) is 3.43. The Labute approximate surface area is 151 Å². The molecule has 1 aromatic heterocycles. The summed E-state index contributed by atoms with van der Waals surface area (Å²) < 4.78 is 0. The van der Waals surface area contributed by atoms with E-state index in [0.29, 0.717) is 30.6 Å². The van der Waals surface area contributed by atoms with Crippen molar-refractivity contribution in [2.24, 2.45) is 5.92 Å². The summed E-state index contributed by atoms with van der Waals surface area (Å²) in [4.78, 5) is 27.2. The maximum absolute atomic E-state index is 12.1. The molecule has 0 spiro atoms. The number of aliphatic carboxylic acids is 1.